The number of aromatic nitrogens is 1. The molecule has 1 aromatic carbocycles. The third-order valence-electron chi connectivity index (χ3n) is 2.68. The van der Waals surface area contributed by atoms with E-state index in [1.54, 1.807) is 18.2 Å². The van der Waals surface area contributed by atoms with Crippen molar-refractivity contribution in [3.63, 3.8) is 0 Å². The van der Waals surface area contributed by atoms with Crippen LogP contribution in [0.3, 0.4) is 0 Å². The van der Waals surface area contributed by atoms with Crippen molar-refractivity contribution in [2.45, 2.75) is 32.9 Å². The second kappa shape index (κ2) is 6.69. The smallest absolute Gasteiger partial charge is 0.257 e. The van der Waals surface area contributed by atoms with Gasteiger partial charge in [0.2, 0.25) is 0 Å². The molecular formula is C15H19N3O2S. The Morgan fingerprint density at radius 1 is 1.38 bits per heavy atom. The molecule has 2 aromatic rings. The van der Waals surface area contributed by atoms with E-state index in [9.17, 15) is 4.79 Å². The number of thiazole rings is 1. The predicted molar refractivity (Wildman–Crippen MR) is 84.9 cm³/mol. The summed E-state index contributed by atoms with van der Waals surface area (Å²) < 4.78 is 5.58. The van der Waals surface area contributed by atoms with Gasteiger partial charge in [-0.15, -0.1) is 11.3 Å². The lowest BCUT2D eigenvalue weighted by Crippen LogP contribution is -2.13. The van der Waals surface area contributed by atoms with Gasteiger partial charge >= 0.3 is 0 Å². The molecule has 0 bridgehead atoms. The van der Waals surface area contributed by atoms with E-state index in [2.05, 4.69) is 10.3 Å². The Morgan fingerprint density at radius 3 is 2.76 bits per heavy atom. The Balaban J connectivity index is 2.08. The highest BCUT2D eigenvalue weighted by molar-refractivity contribution is 7.14. The Hall–Kier alpha value is -1.92. The molecule has 1 unspecified atom stereocenters. The highest BCUT2D eigenvalue weighted by Gasteiger charge is 2.11. The van der Waals surface area contributed by atoms with E-state index in [0.29, 0.717) is 16.4 Å². The number of benzene rings is 1. The Kier molecular flexibility index (Phi) is 4.93. The first-order valence-electron chi connectivity index (χ1n) is 6.75. The Morgan fingerprint density at radius 2 is 2.14 bits per heavy atom. The number of hydrogen-bond acceptors (Lipinski definition) is 5. The summed E-state index contributed by atoms with van der Waals surface area (Å²) in [5.41, 5.74) is 7.05. The number of nitrogens with zero attached hydrogens (tertiary/aromatic N) is 1. The molecule has 0 fully saturated rings. The van der Waals surface area contributed by atoms with Gasteiger partial charge in [-0.3, -0.25) is 10.1 Å². The van der Waals surface area contributed by atoms with Crippen LogP contribution < -0.4 is 15.8 Å². The van der Waals surface area contributed by atoms with E-state index in [0.717, 1.165) is 5.69 Å². The van der Waals surface area contributed by atoms with Crippen molar-refractivity contribution >= 4 is 22.4 Å². The average Bonchev–Trinajstić information content (AvgIpc) is 2.87. The summed E-state index contributed by atoms with van der Waals surface area (Å²) in [4.78, 5) is 16.5. The minimum absolute atomic E-state index is 0.0656. The number of amides is 1. The lowest BCUT2D eigenvalue weighted by Gasteiger charge is -2.10. The number of nitrogens with two attached hydrogens (primary N) is 1. The van der Waals surface area contributed by atoms with Crippen LogP contribution in [0.25, 0.3) is 0 Å². The van der Waals surface area contributed by atoms with Crippen molar-refractivity contribution in [2.24, 2.45) is 5.73 Å². The molecule has 0 saturated heterocycles. The Labute approximate surface area is 128 Å². The second-order valence-corrected chi connectivity index (χ2v) is 5.87. The molecule has 6 heteroatoms. The number of anilines is 1. The summed E-state index contributed by atoms with van der Waals surface area (Å²) in [5, 5.41) is 5.16. The van der Waals surface area contributed by atoms with Gasteiger partial charge < -0.3 is 10.5 Å². The maximum Gasteiger partial charge on any atom is 0.257 e. The van der Waals surface area contributed by atoms with Crippen LogP contribution in [0.15, 0.2) is 29.6 Å². The number of nitrogens with one attached hydrogen (secondary N) is 1. The lowest BCUT2D eigenvalue weighted by atomic mass is 10.2. The average molecular weight is 305 g/mol. The van der Waals surface area contributed by atoms with Gasteiger partial charge in [0.25, 0.3) is 5.91 Å². The van der Waals surface area contributed by atoms with E-state index in [-0.39, 0.29) is 18.1 Å². The molecule has 5 nitrogen and oxygen atoms in total. The van der Waals surface area contributed by atoms with Crippen LogP contribution in [0, 0.1) is 0 Å². The van der Waals surface area contributed by atoms with Crippen molar-refractivity contribution in [3.8, 4) is 5.75 Å². The third-order valence-corrected chi connectivity index (χ3v) is 3.45. The van der Waals surface area contributed by atoms with E-state index in [4.69, 9.17) is 10.5 Å². The third kappa shape index (κ3) is 4.27. The van der Waals surface area contributed by atoms with Crippen LogP contribution in [0.4, 0.5) is 5.13 Å². The van der Waals surface area contributed by atoms with Gasteiger partial charge in [-0.1, -0.05) is 6.07 Å². The lowest BCUT2D eigenvalue weighted by molar-refractivity contribution is 0.102. The van der Waals surface area contributed by atoms with Crippen LogP contribution in [0.1, 0.15) is 42.9 Å². The monoisotopic (exact) mass is 305 g/mol. The normalized spacial score (nSPS) is 12.2. The zero-order valence-corrected chi connectivity index (χ0v) is 13.1. The van der Waals surface area contributed by atoms with Gasteiger partial charge in [0.05, 0.1) is 11.8 Å². The largest absolute Gasteiger partial charge is 0.491 e. The molecule has 0 spiro atoms. The fourth-order valence-electron chi connectivity index (χ4n) is 1.70. The molecule has 0 aliphatic rings. The quantitative estimate of drug-likeness (QED) is 0.889. The zero-order chi connectivity index (χ0) is 15.4. The summed E-state index contributed by atoms with van der Waals surface area (Å²) in [6.07, 6.45) is 0.0656. The highest BCUT2D eigenvalue weighted by atomic mass is 32.1. The van der Waals surface area contributed by atoms with Gasteiger partial charge in [-0.25, -0.2) is 4.98 Å². The van der Waals surface area contributed by atoms with E-state index in [1.165, 1.54) is 11.3 Å². The van der Waals surface area contributed by atoms with Crippen molar-refractivity contribution in [3.05, 3.63) is 40.9 Å². The van der Waals surface area contributed by atoms with Crippen LogP contribution in [-0.4, -0.2) is 17.0 Å². The second-order valence-electron chi connectivity index (χ2n) is 5.01. The minimum atomic E-state index is -0.213. The van der Waals surface area contributed by atoms with Crippen molar-refractivity contribution in [2.75, 3.05) is 5.32 Å². The summed E-state index contributed by atoms with van der Waals surface area (Å²) in [6, 6.07) is 6.93. The van der Waals surface area contributed by atoms with E-state index in [1.807, 2.05) is 32.2 Å². The molecule has 1 amide bonds. The summed E-state index contributed by atoms with van der Waals surface area (Å²) >= 11 is 1.36. The summed E-state index contributed by atoms with van der Waals surface area (Å²) in [6.45, 7) is 5.74. The van der Waals surface area contributed by atoms with Crippen LogP contribution >= 0.6 is 11.3 Å². The molecule has 0 aliphatic heterocycles. The van der Waals surface area contributed by atoms with Crippen LogP contribution in [0.2, 0.25) is 0 Å². The molecule has 0 radical (unpaired) electrons. The van der Waals surface area contributed by atoms with Crippen LogP contribution in [0.5, 0.6) is 5.75 Å². The first kappa shape index (κ1) is 15.5. The molecule has 2 rings (SSSR count). The number of carbonyl (C=O) groups is 1. The molecule has 0 saturated carbocycles. The maximum atomic E-state index is 12.2. The first-order valence-corrected chi connectivity index (χ1v) is 7.62. The molecule has 1 atom stereocenters. The van der Waals surface area contributed by atoms with Crippen molar-refractivity contribution in [1.82, 2.24) is 4.98 Å². The van der Waals surface area contributed by atoms with Gasteiger partial charge in [-0.05, 0) is 39.0 Å². The predicted octanol–water partition coefficient (Wildman–Crippen LogP) is 3.20. The number of carbonyl (C=O) groups excluding carboxylic acids is 1. The van der Waals surface area contributed by atoms with Crippen molar-refractivity contribution in [1.29, 1.82) is 0 Å². The molecular weight excluding hydrogens is 286 g/mol. The van der Waals surface area contributed by atoms with Gasteiger partial charge in [0.15, 0.2) is 5.13 Å². The summed E-state index contributed by atoms with van der Waals surface area (Å²) in [7, 11) is 0. The van der Waals surface area contributed by atoms with Gasteiger partial charge in [0.1, 0.15) is 5.75 Å². The molecule has 21 heavy (non-hydrogen) atoms. The van der Waals surface area contributed by atoms with E-state index >= 15 is 0 Å². The van der Waals surface area contributed by atoms with Gasteiger partial charge in [-0.2, -0.15) is 0 Å². The molecule has 1 heterocycles. The maximum absolute atomic E-state index is 12.2. The van der Waals surface area contributed by atoms with E-state index < -0.39 is 0 Å². The first-order chi connectivity index (χ1) is 9.95. The molecule has 3 N–H and O–H groups in total. The SMILES string of the molecule is CC(C)Oc1cccc(C(=O)Nc2nc(C(C)N)cs2)c1. The topological polar surface area (TPSA) is 77.2 Å². The van der Waals surface area contributed by atoms with Gasteiger partial charge in [0, 0.05) is 17.0 Å². The number of rotatable bonds is 5. The fourth-order valence-corrected chi connectivity index (χ4v) is 2.51. The molecule has 0 aliphatic carbocycles. The molecule has 112 valence electrons. The zero-order valence-electron chi connectivity index (χ0n) is 12.3. The minimum Gasteiger partial charge on any atom is -0.491 e. The molecule has 1 aromatic heterocycles. The number of hydrogen-bond donors (Lipinski definition) is 2. The van der Waals surface area contributed by atoms with Crippen LogP contribution in [-0.2, 0) is 0 Å². The highest BCUT2D eigenvalue weighted by Crippen LogP contribution is 2.21. The fraction of sp³-hybridized carbons (Fsp3) is 0.333. The number of ether oxygens (including phenoxy) is 1. The Bertz CT molecular complexity index is 623. The van der Waals surface area contributed by atoms with Crippen molar-refractivity contribution < 1.29 is 9.53 Å². The standard InChI is InChI=1S/C15H19N3O2S/c1-9(2)20-12-6-4-5-11(7-12)14(19)18-15-17-13(8-21-15)10(3)16/h4-10H,16H2,1-3H3,(H,17,18,19). The summed E-state index contributed by atoms with van der Waals surface area (Å²) in [5.74, 6) is 0.461.